The third-order valence-corrected chi connectivity index (χ3v) is 2.64. The van der Waals surface area contributed by atoms with Crippen molar-refractivity contribution in [1.29, 1.82) is 0 Å². The van der Waals surface area contributed by atoms with E-state index in [-0.39, 0.29) is 5.97 Å². The van der Waals surface area contributed by atoms with E-state index in [4.69, 9.17) is 10.5 Å². The summed E-state index contributed by atoms with van der Waals surface area (Å²) >= 11 is 3.93. The SMILES string of the molecule is CCCCCCCCOC(=O)C(N)CS. The highest BCUT2D eigenvalue weighted by molar-refractivity contribution is 7.80. The van der Waals surface area contributed by atoms with Crippen molar-refractivity contribution in [3.05, 3.63) is 0 Å². The fraction of sp³-hybridized carbons (Fsp3) is 0.909. The summed E-state index contributed by atoms with van der Waals surface area (Å²) in [6, 6.07) is -0.576. The van der Waals surface area contributed by atoms with Crippen molar-refractivity contribution in [3.63, 3.8) is 0 Å². The Morgan fingerprint density at radius 2 is 1.87 bits per heavy atom. The molecule has 0 aliphatic heterocycles. The average Bonchev–Trinajstić information content (AvgIpc) is 2.26. The van der Waals surface area contributed by atoms with Crippen LogP contribution in [0.1, 0.15) is 45.4 Å². The molecule has 0 aromatic heterocycles. The minimum absolute atomic E-state index is 0.335. The van der Waals surface area contributed by atoms with E-state index >= 15 is 0 Å². The molecule has 0 aromatic rings. The molecule has 0 saturated carbocycles. The lowest BCUT2D eigenvalue weighted by Gasteiger charge is -2.08. The maximum Gasteiger partial charge on any atom is 0.323 e. The Balaban J connectivity index is 3.20. The van der Waals surface area contributed by atoms with Gasteiger partial charge in [-0.15, -0.1) is 0 Å². The Hall–Kier alpha value is -0.220. The summed E-state index contributed by atoms with van der Waals surface area (Å²) in [6.45, 7) is 2.69. The molecule has 0 amide bonds. The monoisotopic (exact) mass is 233 g/mol. The highest BCUT2D eigenvalue weighted by Gasteiger charge is 2.11. The van der Waals surface area contributed by atoms with Crippen LogP contribution in [0.5, 0.6) is 0 Å². The number of carbonyl (C=O) groups excluding carboxylic acids is 1. The maximum absolute atomic E-state index is 11.1. The minimum Gasteiger partial charge on any atom is -0.465 e. The molecule has 0 spiro atoms. The van der Waals surface area contributed by atoms with Crippen molar-refractivity contribution in [2.75, 3.05) is 12.4 Å². The molecule has 0 bridgehead atoms. The Morgan fingerprint density at radius 3 is 2.47 bits per heavy atom. The molecular weight excluding hydrogens is 210 g/mol. The number of ether oxygens (including phenoxy) is 1. The van der Waals surface area contributed by atoms with E-state index in [1.165, 1.54) is 25.7 Å². The smallest absolute Gasteiger partial charge is 0.323 e. The summed E-state index contributed by atoms with van der Waals surface area (Å²) in [5.74, 6) is 0.00792. The van der Waals surface area contributed by atoms with Gasteiger partial charge >= 0.3 is 5.97 Å². The van der Waals surface area contributed by atoms with E-state index in [2.05, 4.69) is 19.6 Å². The minimum atomic E-state index is -0.576. The van der Waals surface area contributed by atoms with Crippen LogP contribution in [0.3, 0.4) is 0 Å². The molecule has 15 heavy (non-hydrogen) atoms. The molecule has 0 aliphatic carbocycles. The first-order valence-electron chi connectivity index (χ1n) is 5.75. The first-order valence-corrected chi connectivity index (χ1v) is 6.38. The van der Waals surface area contributed by atoms with Crippen LogP contribution in [0.4, 0.5) is 0 Å². The number of hydrogen-bond donors (Lipinski definition) is 2. The average molecular weight is 233 g/mol. The van der Waals surface area contributed by atoms with Crippen LogP contribution in [0.25, 0.3) is 0 Å². The van der Waals surface area contributed by atoms with Crippen molar-refractivity contribution in [2.45, 2.75) is 51.5 Å². The van der Waals surface area contributed by atoms with Crippen molar-refractivity contribution in [2.24, 2.45) is 5.73 Å². The highest BCUT2D eigenvalue weighted by atomic mass is 32.1. The number of hydrogen-bond acceptors (Lipinski definition) is 4. The maximum atomic E-state index is 11.1. The molecule has 0 heterocycles. The van der Waals surface area contributed by atoms with Gasteiger partial charge in [0, 0.05) is 5.75 Å². The molecule has 3 nitrogen and oxygen atoms in total. The van der Waals surface area contributed by atoms with Gasteiger partial charge in [0.1, 0.15) is 6.04 Å². The van der Waals surface area contributed by atoms with Gasteiger partial charge in [-0.25, -0.2) is 0 Å². The van der Waals surface area contributed by atoms with Gasteiger partial charge in [0.15, 0.2) is 0 Å². The fourth-order valence-corrected chi connectivity index (χ4v) is 1.39. The molecule has 90 valence electrons. The van der Waals surface area contributed by atoms with Gasteiger partial charge in [-0.3, -0.25) is 4.79 Å². The zero-order valence-electron chi connectivity index (χ0n) is 9.58. The standard InChI is InChI=1S/C11H23NO2S/c1-2-3-4-5-6-7-8-14-11(13)10(12)9-15/h10,15H,2-9,12H2,1H3. The summed E-state index contributed by atoms with van der Waals surface area (Å²) in [5, 5.41) is 0. The lowest BCUT2D eigenvalue weighted by atomic mass is 10.1. The van der Waals surface area contributed by atoms with Crippen LogP contribution >= 0.6 is 12.6 Å². The second-order valence-corrected chi connectivity index (χ2v) is 4.09. The van der Waals surface area contributed by atoms with Crippen LogP contribution < -0.4 is 5.73 Å². The van der Waals surface area contributed by atoms with E-state index in [9.17, 15) is 4.79 Å². The lowest BCUT2D eigenvalue weighted by molar-refractivity contribution is -0.144. The molecule has 1 atom stereocenters. The molecule has 4 heteroatoms. The first kappa shape index (κ1) is 14.8. The number of esters is 1. The van der Waals surface area contributed by atoms with Crippen LogP contribution in [-0.4, -0.2) is 24.4 Å². The van der Waals surface area contributed by atoms with Gasteiger partial charge in [0.05, 0.1) is 6.61 Å². The zero-order valence-corrected chi connectivity index (χ0v) is 10.5. The Morgan fingerprint density at radius 1 is 1.27 bits per heavy atom. The normalized spacial score (nSPS) is 12.5. The summed E-state index contributed by atoms with van der Waals surface area (Å²) in [5.41, 5.74) is 5.45. The number of thiol groups is 1. The van der Waals surface area contributed by atoms with E-state index in [1.54, 1.807) is 0 Å². The van der Waals surface area contributed by atoms with Gasteiger partial charge in [0.25, 0.3) is 0 Å². The fourth-order valence-electron chi connectivity index (χ4n) is 1.24. The van der Waals surface area contributed by atoms with Crippen LogP contribution in [0.15, 0.2) is 0 Å². The van der Waals surface area contributed by atoms with Crippen molar-refractivity contribution in [1.82, 2.24) is 0 Å². The van der Waals surface area contributed by atoms with E-state index in [1.807, 2.05) is 0 Å². The molecular formula is C11H23NO2S. The molecule has 2 N–H and O–H groups in total. The van der Waals surface area contributed by atoms with Gasteiger partial charge in [0.2, 0.25) is 0 Å². The topological polar surface area (TPSA) is 52.3 Å². The highest BCUT2D eigenvalue weighted by Crippen LogP contribution is 2.05. The third kappa shape index (κ3) is 8.75. The van der Waals surface area contributed by atoms with E-state index in [0.29, 0.717) is 12.4 Å². The summed E-state index contributed by atoms with van der Waals surface area (Å²) in [6.07, 6.45) is 7.12. The first-order chi connectivity index (χ1) is 7.22. The molecule has 0 saturated heterocycles. The van der Waals surface area contributed by atoms with Crippen LogP contribution in [0.2, 0.25) is 0 Å². The Labute approximate surface area is 98.2 Å². The van der Waals surface area contributed by atoms with Gasteiger partial charge in [-0.2, -0.15) is 12.6 Å². The second-order valence-electron chi connectivity index (χ2n) is 3.72. The van der Waals surface area contributed by atoms with Crippen LogP contribution in [0, 0.1) is 0 Å². The number of nitrogens with two attached hydrogens (primary N) is 1. The molecule has 0 rings (SSSR count). The largest absolute Gasteiger partial charge is 0.465 e. The van der Waals surface area contributed by atoms with E-state index < -0.39 is 6.04 Å². The Bertz CT molecular complexity index is 165. The van der Waals surface area contributed by atoms with Gasteiger partial charge in [-0.1, -0.05) is 39.0 Å². The van der Waals surface area contributed by atoms with Crippen molar-refractivity contribution >= 4 is 18.6 Å². The predicted octanol–water partition coefficient (Wildman–Crippen LogP) is 2.15. The van der Waals surface area contributed by atoms with Crippen LogP contribution in [-0.2, 0) is 9.53 Å². The quantitative estimate of drug-likeness (QED) is 0.364. The number of rotatable bonds is 9. The van der Waals surface area contributed by atoms with E-state index in [0.717, 1.165) is 12.8 Å². The van der Waals surface area contributed by atoms with Crippen molar-refractivity contribution < 1.29 is 9.53 Å². The molecule has 0 fully saturated rings. The van der Waals surface area contributed by atoms with Gasteiger partial charge < -0.3 is 10.5 Å². The van der Waals surface area contributed by atoms with Gasteiger partial charge in [-0.05, 0) is 6.42 Å². The number of carbonyl (C=O) groups is 1. The molecule has 0 aliphatic rings. The summed E-state index contributed by atoms with van der Waals surface area (Å²) in [7, 11) is 0. The summed E-state index contributed by atoms with van der Waals surface area (Å²) in [4.78, 5) is 11.1. The number of unbranched alkanes of at least 4 members (excludes halogenated alkanes) is 5. The zero-order chi connectivity index (χ0) is 11.5. The molecule has 0 radical (unpaired) electrons. The molecule has 0 aromatic carbocycles. The Kier molecular flexibility index (Phi) is 10.2. The second kappa shape index (κ2) is 10.3. The summed E-state index contributed by atoms with van der Waals surface area (Å²) < 4.78 is 4.99. The van der Waals surface area contributed by atoms with Crippen molar-refractivity contribution in [3.8, 4) is 0 Å². The third-order valence-electron chi connectivity index (χ3n) is 2.24. The predicted molar refractivity (Wildman–Crippen MR) is 66.2 cm³/mol. The lowest BCUT2D eigenvalue weighted by Crippen LogP contribution is -2.34. The molecule has 1 unspecified atom stereocenters.